The van der Waals surface area contributed by atoms with E-state index in [4.69, 9.17) is 16.3 Å². The Hall–Kier alpha value is -1.43. The largest absolute Gasteiger partial charge is 0.491 e. The zero-order chi connectivity index (χ0) is 14.4. The van der Waals surface area contributed by atoms with Crippen LogP contribution >= 0.6 is 11.6 Å². The third-order valence-electron chi connectivity index (χ3n) is 2.47. The first-order valence-electron chi connectivity index (χ1n) is 6.01. The summed E-state index contributed by atoms with van der Waals surface area (Å²) in [4.78, 5) is 3.99. The van der Waals surface area contributed by atoms with E-state index in [9.17, 15) is 9.32 Å². The van der Waals surface area contributed by atoms with Gasteiger partial charge in [-0.3, -0.25) is 4.21 Å². The number of hydrogen-bond acceptors (Lipinski definition) is 4. The van der Waals surface area contributed by atoms with Crippen LogP contribution in [0.3, 0.4) is 0 Å². The average Bonchev–Trinajstić information content (AvgIpc) is 2.47. The highest BCUT2D eigenvalue weighted by Crippen LogP contribution is 2.15. The maximum atomic E-state index is 11.9. The zero-order valence-electron chi connectivity index (χ0n) is 10.6. The second kappa shape index (κ2) is 7.38. The third kappa shape index (κ3) is 4.59. The maximum Gasteiger partial charge on any atom is 0.127 e. The molecule has 0 bridgehead atoms. The van der Waals surface area contributed by atoms with Crippen molar-refractivity contribution in [3.8, 4) is 5.75 Å². The monoisotopic (exact) mass is 311 g/mol. The fraction of sp³-hybridized carbons (Fsp3) is 0.214. The number of pyridine rings is 1. The molecule has 0 amide bonds. The first kappa shape index (κ1) is 15.0. The minimum absolute atomic E-state index is 0.0696. The molecule has 0 aliphatic heterocycles. The second-order valence-corrected chi connectivity index (χ2v) is 5.98. The van der Waals surface area contributed by atoms with Crippen LogP contribution in [-0.2, 0) is 10.8 Å². The smallest absolute Gasteiger partial charge is 0.127 e. The van der Waals surface area contributed by atoms with E-state index in [1.165, 1.54) is 0 Å². The minimum atomic E-state index is -1.34. The summed E-state index contributed by atoms with van der Waals surface area (Å²) in [7, 11) is -1.34. The van der Waals surface area contributed by atoms with Gasteiger partial charge in [-0.1, -0.05) is 17.7 Å². The molecule has 0 saturated heterocycles. The van der Waals surface area contributed by atoms with Crippen LogP contribution in [0, 0.1) is 0 Å². The highest BCUT2D eigenvalue weighted by atomic mass is 35.5. The molecule has 2 unspecified atom stereocenters. The summed E-state index contributed by atoms with van der Waals surface area (Å²) in [5, 5.41) is 10.9. The number of ether oxygens (including phenoxy) is 1. The predicted molar refractivity (Wildman–Crippen MR) is 78.5 cm³/mol. The molecule has 4 nitrogen and oxygen atoms in total. The van der Waals surface area contributed by atoms with Gasteiger partial charge in [0.25, 0.3) is 0 Å². The summed E-state index contributed by atoms with van der Waals surface area (Å²) in [6.07, 6.45) is 0.748. The number of benzene rings is 1. The quantitative estimate of drug-likeness (QED) is 0.889. The van der Waals surface area contributed by atoms with Gasteiger partial charge in [0.1, 0.15) is 17.4 Å². The van der Waals surface area contributed by atoms with Gasteiger partial charge >= 0.3 is 0 Å². The second-order valence-electron chi connectivity index (χ2n) is 4.10. The molecule has 0 spiro atoms. The van der Waals surface area contributed by atoms with Crippen molar-refractivity contribution in [2.45, 2.75) is 11.1 Å². The first-order valence-corrected chi connectivity index (χ1v) is 7.70. The average molecular weight is 312 g/mol. The molecule has 0 aliphatic carbocycles. The highest BCUT2D eigenvalue weighted by Gasteiger charge is 2.13. The van der Waals surface area contributed by atoms with Gasteiger partial charge in [0.15, 0.2) is 0 Å². The van der Waals surface area contributed by atoms with E-state index in [0.717, 1.165) is 0 Å². The standard InChI is InChI=1S/C14H14ClNO3S/c15-11-4-6-13(7-5-11)19-9-12(17)10-20(18)14-3-1-2-8-16-14/h1-8,12,17H,9-10H2. The Morgan fingerprint density at radius 3 is 2.65 bits per heavy atom. The van der Waals surface area contributed by atoms with E-state index >= 15 is 0 Å². The molecule has 1 aromatic carbocycles. The lowest BCUT2D eigenvalue weighted by atomic mass is 10.3. The van der Waals surface area contributed by atoms with E-state index in [1.54, 1.807) is 48.7 Å². The molecule has 2 rings (SSSR count). The summed E-state index contributed by atoms with van der Waals surface area (Å²) in [6, 6.07) is 12.0. The van der Waals surface area contributed by atoms with Crippen LogP contribution in [0.4, 0.5) is 0 Å². The lowest BCUT2D eigenvalue weighted by Gasteiger charge is -2.12. The van der Waals surface area contributed by atoms with Gasteiger partial charge in [0.05, 0.1) is 22.7 Å². The van der Waals surface area contributed by atoms with Crippen molar-refractivity contribution in [1.82, 2.24) is 4.98 Å². The summed E-state index contributed by atoms with van der Waals surface area (Å²) in [5.41, 5.74) is 0. The Balaban J connectivity index is 1.82. The zero-order valence-corrected chi connectivity index (χ0v) is 12.2. The van der Waals surface area contributed by atoms with Gasteiger partial charge < -0.3 is 9.84 Å². The van der Waals surface area contributed by atoms with E-state index in [2.05, 4.69) is 4.98 Å². The molecule has 0 aliphatic rings. The molecule has 20 heavy (non-hydrogen) atoms. The van der Waals surface area contributed by atoms with Gasteiger partial charge in [-0.2, -0.15) is 0 Å². The third-order valence-corrected chi connectivity index (χ3v) is 4.12. The van der Waals surface area contributed by atoms with Crippen molar-refractivity contribution < 1.29 is 14.1 Å². The van der Waals surface area contributed by atoms with Crippen molar-refractivity contribution >= 4 is 22.4 Å². The van der Waals surface area contributed by atoms with Crippen LogP contribution in [0.1, 0.15) is 0 Å². The van der Waals surface area contributed by atoms with E-state index in [0.29, 0.717) is 15.8 Å². The van der Waals surface area contributed by atoms with Gasteiger partial charge in [0.2, 0.25) is 0 Å². The molecule has 1 aromatic heterocycles. The molecule has 0 fully saturated rings. The predicted octanol–water partition coefficient (Wildman–Crippen LogP) is 2.28. The van der Waals surface area contributed by atoms with Crippen molar-refractivity contribution in [2.24, 2.45) is 0 Å². The fourth-order valence-corrected chi connectivity index (χ4v) is 2.66. The Morgan fingerprint density at radius 2 is 2.00 bits per heavy atom. The molecule has 2 atom stereocenters. The van der Waals surface area contributed by atoms with Crippen molar-refractivity contribution in [1.29, 1.82) is 0 Å². The number of rotatable bonds is 6. The Morgan fingerprint density at radius 1 is 1.25 bits per heavy atom. The Bertz CT molecular complexity index is 562. The number of aliphatic hydroxyl groups excluding tert-OH is 1. The van der Waals surface area contributed by atoms with Crippen molar-refractivity contribution in [2.75, 3.05) is 12.4 Å². The molecule has 0 saturated carbocycles. The molecule has 0 radical (unpaired) electrons. The van der Waals surface area contributed by atoms with Gasteiger partial charge in [0, 0.05) is 11.2 Å². The molecule has 6 heteroatoms. The summed E-state index contributed by atoms with van der Waals surface area (Å²) < 4.78 is 17.3. The lowest BCUT2D eigenvalue weighted by molar-refractivity contribution is 0.125. The number of hydrogen-bond donors (Lipinski definition) is 1. The van der Waals surface area contributed by atoms with E-state index in [-0.39, 0.29) is 12.4 Å². The van der Waals surface area contributed by atoms with Gasteiger partial charge in [-0.05, 0) is 36.4 Å². The molecule has 1 N–H and O–H groups in total. The van der Waals surface area contributed by atoms with Gasteiger partial charge in [-0.15, -0.1) is 0 Å². The lowest BCUT2D eigenvalue weighted by Crippen LogP contribution is -2.24. The van der Waals surface area contributed by atoms with Crippen LogP contribution < -0.4 is 4.74 Å². The SMILES string of the molecule is O=S(CC(O)COc1ccc(Cl)cc1)c1ccccn1. The minimum Gasteiger partial charge on any atom is -0.491 e. The Labute approximate surface area is 124 Å². The van der Waals surface area contributed by atoms with Crippen LogP contribution in [0.25, 0.3) is 0 Å². The molecule has 2 aromatic rings. The van der Waals surface area contributed by atoms with Gasteiger partial charge in [-0.25, -0.2) is 4.98 Å². The van der Waals surface area contributed by atoms with Crippen LogP contribution in [0.5, 0.6) is 5.75 Å². The molecular formula is C14H14ClNO3S. The van der Waals surface area contributed by atoms with Crippen LogP contribution in [0.2, 0.25) is 5.02 Å². The number of halogens is 1. The summed E-state index contributed by atoms with van der Waals surface area (Å²) in [6.45, 7) is 0.0696. The van der Waals surface area contributed by atoms with Crippen molar-refractivity contribution in [3.05, 3.63) is 53.7 Å². The van der Waals surface area contributed by atoms with E-state index < -0.39 is 16.9 Å². The fourth-order valence-electron chi connectivity index (χ4n) is 1.51. The Kier molecular flexibility index (Phi) is 5.52. The number of aromatic nitrogens is 1. The highest BCUT2D eigenvalue weighted by molar-refractivity contribution is 7.85. The maximum absolute atomic E-state index is 11.9. The summed E-state index contributed by atoms with van der Waals surface area (Å²) in [5.74, 6) is 0.696. The number of nitrogens with zero attached hydrogens (tertiary/aromatic N) is 1. The van der Waals surface area contributed by atoms with Crippen LogP contribution in [-0.4, -0.2) is 32.8 Å². The molecule has 106 valence electrons. The summed E-state index contributed by atoms with van der Waals surface area (Å²) >= 11 is 5.76. The van der Waals surface area contributed by atoms with E-state index in [1.807, 2.05) is 0 Å². The topological polar surface area (TPSA) is 59.4 Å². The first-order chi connectivity index (χ1) is 9.65. The van der Waals surface area contributed by atoms with Crippen molar-refractivity contribution in [3.63, 3.8) is 0 Å². The van der Waals surface area contributed by atoms with Crippen LogP contribution in [0.15, 0.2) is 53.7 Å². The molecule has 1 heterocycles. The number of aliphatic hydroxyl groups is 1. The molecular weight excluding hydrogens is 298 g/mol. The normalized spacial score (nSPS) is 13.7.